The summed E-state index contributed by atoms with van der Waals surface area (Å²) < 4.78 is 24.5. The summed E-state index contributed by atoms with van der Waals surface area (Å²) in [6.07, 6.45) is 12.7. The van der Waals surface area contributed by atoms with Crippen molar-refractivity contribution in [3.05, 3.63) is 29.3 Å². The van der Waals surface area contributed by atoms with Gasteiger partial charge in [0, 0.05) is 25.6 Å². The minimum Gasteiger partial charge on any atom is -0.465 e. The van der Waals surface area contributed by atoms with Gasteiger partial charge in [-0.25, -0.2) is 0 Å². The Kier molecular flexibility index (Phi) is 6.66. The summed E-state index contributed by atoms with van der Waals surface area (Å²) in [6.45, 7) is 4.32. The highest BCUT2D eigenvalue weighted by atomic mass is 16.7. The molecule has 0 aromatic heterocycles. The van der Waals surface area contributed by atoms with Crippen LogP contribution in [0.2, 0.25) is 0 Å². The maximum atomic E-state index is 10.4. The molecule has 1 aromatic rings. The smallest absolute Gasteiger partial charge is 0.199 e. The monoisotopic (exact) mass is 470 g/mol. The largest absolute Gasteiger partial charge is 0.465 e. The van der Waals surface area contributed by atoms with E-state index in [1.54, 1.807) is 0 Å². The molecule has 2 saturated heterocycles. The van der Waals surface area contributed by atoms with Gasteiger partial charge in [-0.1, -0.05) is 13.0 Å². The van der Waals surface area contributed by atoms with Crippen molar-refractivity contribution < 1.29 is 24.1 Å². The molecule has 1 N–H and O–H groups in total. The van der Waals surface area contributed by atoms with Crippen LogP contribution in [0.1, 0.15) is 101 Å². The number of hydrogen-bond acceptors (Lipinski definition) is 5. The first-order valence-electron chi connectivity index (χ1n) is 14.0. The quantitative estimate of drug-likeness (QED) is 0.581. The highest BCUT2D eigenvalue weighted by Gasteiger charge is 2.56. The van der Waals surface area contributed by atoms with Crippen LogP contribution >= 0.6 is 0 Å². The van der Waals surface area contributed by atoms with Gasteiger partial charge in [0.15, 0.2) is 12.6 Å². The van der Waals surface area contributed by atoms with Crippen molar-refractivity contribution in [1.82, 2.24) is 0 Å². The van der Waals surface area contributed by atoms with Crippen LogP contribution < -0.4 is 4.74 Å². The summed E-state index contributed by atoms with van der Waals surface area (Å²) in [5, 5.41) is 10.4. The third-order valence-electron chi connectivity index (χ3n) is 9.88. The molecule has 2 heterocycles. The molecule has 0 radical (unpaired) electrons. The summed E-state index contributed by atoms with van der Waals surface area (Å²) in [5.74, 6) is 2.95. The Morgan fingerprint density at radius 3 is 2.47 bits per heavy atom. The summed E-state index contributed by atoms with van der Waals surface area (Å²) in [6, 6.07) is 6.65. The van der Waals surface area contributed by atoms with Crippen LogP contribution in [0.15, 0.2) is 18.2 Å². The van der Waals surface area contributed by atoms with E-state index >= 15 is 0 Å². The molecule has 0 amide bonds. The van der Waals surface area contributed by atoms with E-state index in [-0.39, 0.29) is 30.5 Å². The molecule has 5 nitrogen and oxygen atoms in total. The first-order chi connectivity index (χ1) is 16.7. The van der Waals surface area contributed by atoms with Gasteiger partial charge in [-0.05, 0) is 111 Å². The van der Waals surface area contributed by atoms with Crippen molar-refractivity contribution >= 4 is 0 Å². The zero-order chi connectivity index (χ0) is 23.1. The van der Waals surface area contributed by atoms with Gasteiger partial charge < -0.3 is 24.1 Å². The maximum Gasteiger partial charge on any atom is 0.199 e. The number of fused-ring (bicyclic) bond motifs is 5. The van der Waals surface area contributed by atoms with Gasteiger partial charge in [0.2, 0.25) is 0 Å². The first-order valence-corrected chi connectivity index (χ1v) is 14.0. The van der Waals surface area contributed by atoms with Gasteiger partial charge in [-0.2, -0.15) is 0 Å². The van der Waals surface area contributed by atoms with Gasteiger partial charge in [0.05, 0.1) is 12.7 Å². The highest BCUT2D eigenvalue weighted by Crippen LogP contribution is 2.63. The number of rotatable bonds is 5. The maximum absolute atomic E-state index is 10.4. The van der Waals surface area contributed by atoms with Crippen molar-refractivity contribution in [1.29, 1.82) is 0 Å². The molecule has 3 aliphatic carbocycles. The number of hydrogen-bond donors (Lipinski definition) is 1. The molecule has 8 atom stereocenters. The minimum atomic E-state index is -0.130. The fourth-order valence-corrected chi connectivity index (χ4v) is 8.08. The average molecular weight is 471 g/mol. The average Bonchev–Trinajstić information content (AvgIpc) is 3.20. The van der Waals surface area contributed by atoms with Crippen LogP contribution in [0.4, 0.5) is 0 Å². The molecule has 6 rings (SSSR count). The van der Waals surface area contributed by atoms with Gasteiger partial charge in [-0.15, -0.1) is 0 Å². The Morgan fingerprint density at radius 1 is 0.941 bits per heavy atom. The number of ether oxygens (including phenoxy) is 4. The van der Waals surface area contributed by atoms with Crippen LogP contribution in [0.5, 0.6) is 5.75 Å². The number of aliphatic hydroxyl groups excluding tert-OH is 1. The molecule has 1 aromatic carbocycles. The van der Waals surface area contributed by atoms with Crippen molar-refractivity contribution in [2.24, 2.45) is 17.3 Å². The summed E-state index contributed by atoms with van der Waals surface area (Å²) >= 11 is 0. The van der Waals surface area contributed by atoms with Crippen molar-refractivity contribution in [3.63, 3.8) is 0 Å². The van der Waals surface area contributed by atoms with E-state index in [1.165, 1.54) is 36.8 Å². The molecule has 2 aliphatic heterocycles. The second-order valence-corrected chi connectivity index (χ2v) is 11.7. The summed E-state index contributed by atoms with van der Waals surface area (Å²) in [7, 11) is 0. The van der Waals surface area contributed by atoms with Crippen LogP contribution in [0.25, 0.3) is 0 Å². The van der Waals surface area contributed by atoms with Crippen molar-refractivity contribution in [2.75, 3.05) is 19.8 Å². The van der Waals surface area contributed by atoms with Crippen molar-refractivity contribution in [3.8, 4) is 5.75 Å². The van der Waals surface area contributed by atoms with Gasteiger partial charge in [0.25, 0.3) is 0 Å². The molecule has 0 bridgehead atoms. The van der Waals surface area contributed by atoms with Gasteiger partial charge in [-0.3, -0.25) is 0 Å². The Hall–Kier alpha value is -1.14. The zero-order valence-corrected chi connectivity index (χ0v) is 20.8. The minimum absolute atomic E-state index is 0.00381. The molecular formula is C29H42O5. The van der Waals surface area contributed by atoms with E-state index in [0.717, 1.165) is 63.9 Å². The fraction of sp³-hybridized carbons (Fsp3) is 0.793. The van der Waals surface area contributed by atoms with Gasteiger partial charge in [0.1, 0.15) is 5.75 Å². The van der Waals surface area contributed by atoms with Crippen LogP contribution in [-0.2, 0) is 14.2 Å². The summed E-state index contributed by atoms with van der Waals surface area (Å²) in [4.78, 5) is 0. The second-order valence-electron chi connectivity index (χ2n) is 11.7. The van der Waals surface area contributed by atoms with E-state index in [0.29, 0.717) is 23.9 Å². The molecule has 188 valence electrons. The topological polar surface area (TPSA) is 57.2 Å². The van der Waals surface area contributed by atoms with Crippen molar-refractivity contribution in [2.45, 2.75) is 108 Å². The molecule has 4 fully saturated rings. The Labute approximate surface area is 204 Å². The standard InChI is InChI=1S/C29H42O5/c1-29-13-12-22-21-9-8-20(33-27-6-2-4-14-31-27)17-23(21)19(18-30)16-24(22)25(29)10-11-26(29)34-28-7-3-5-15-32-28/h8-9,17,19,22,24-28,30H,2-7,10-16,18H2,1H3/t19-,22?,24?,25?,26-,27?,28?,29-/m0/s1. The highest BCUT2D eigenvalue weighted by molar-refractivity contribution is 5.43. The predicted octanol–water partition coefficient (Wildman–Crippen LogP) is 5.89. The normalized spacial score (nSPS) is 41.9. The lowest BCUT2D eigenvalue weighted by molar-refractivity contribution is -0.213. The molecule has 0 spiro atoms. The van der Waals surface area contributed by atoms with E-state index in [1.807, 2.05) is 0 Å². The molecule has 5 heteroatoms. The number of benzene rings is 1. The molecule has 2 saturated carbocycles. The molecule has 34 heavy (non-hydrogen) atoms. The lowest BCUT2D eigenvalue weighted by atomic mass is 9.54. The molecular weight excluding hydrogens is 428 g/mol. The third-order valence-corrected chi connectivity index (χ3v) is 9.88. The third kappa shape index (κ3) is 4.21. The van der Waals surface area contributed by atoms with E-state index in [4.69, 9.17) is 18.9 Å². The predicted molar refractivity (Wildman–Crippen MR) is 130 cm³/mol. The van der Waals surface area contributed by atoms with E-state index in [9.17, 15) is 5.11 Å². The molecule has 5 aliphatic rings. The zero-order valence-electron chi connectivity index (χ0n) is 20.8. The SMILES string of the molecule is C[C@]12CCC3c4ccc(OC5CCCCO5)cc4[C@H](CO)CC3C1CC[C@@H]2OC1CCCCO1. The molecule has 5 unspecified atom stereocenters. The lowest BCUT2D eigenvalue weighted by Gasteiger charge is -2.52. The van der Waals surface area contributed by atoms with Gasteiger partial charge >= 0.3 is 0 Å². The fourth-order valence-electron chi connectivity index (χ4n) is 8.08. The lowest BCUT2D eigenvalue weighted by Crippen LogP contribution is -2.46. The Bertz CT molecular complexity index is 845. The second kappa shape index (κ2) is 9.72. The Morgan fingerprint density at radius 2 is 1.74 bits per heavy atom. The Balaban J connectivity index is 1.21. The van der Waals surface area contributed by atoms with Crippen LogP contribution in [0.3, 0.4) is 0 Å². The van der Waals surface area contributed by atoms with E-state index in [2.05, 4.69) is 25.1 Å². The van der Waals surface area contributed by atoms with Crippen LogP contribution in [-0.4, -0.2) is 43.6 Å². The number of aliphatic hydroxyl groups is 1. The van der Waals surface area contributed by atoms with Crippen LogP contribution in [0, 0.1) is 17.3 Å². The van der Waals surface area contributed by atoms with E-state index < -0.39 is 0 Å². The first kappa shape index (κ1) is 23.3. The summed E-state index contributed by atoms with van der Waals surface area (Å²) in [5.41, 5.74) is 2.98.